The van der Waals surface area contributed by atoms with Gasteiger partial charge in [0.2, 0.25) is 0 Å². The van der Waals surface area contributed by atoms with E-state index in [1.54, 1.807) is 30.8 Å². The minimum Gasteiger partial charge on any atom is -0.365 e. The highest BCUT2D eigenvalue weighted by molar-refractivity contribution is 9.10. The lowest BCUT2D eigenvalue weighted by Crippen LogP contribution is -2.41. The number of rotatable bonds is 3. The van der Waals surface area contributed by atoms with Gasteiger partial charge >= 0.3 is 0 Å². The van der Waals surface area contributed by atoms with E-state index < -0.39 is 0 Å². The summed E-state index contributed by atoms with van der Waals surface area (Å²) in [4.78, 5) is 26.5. The molecule has 1 aromatic carbocycles. The van der Waals surface area contributed by atoms with Gasteiger partial charge in [0.25, 0.3) is 5.91 Å². The molecular formula is C28H33BrN6O2S. The SMILES string of the molecule is CSc1nc2c(c(N3CCCn4nc(C(=O)N(C)C)cc4C3)n1)CO[C@]1(CC[C@H](C)c3ccc(Br)cc31)C2. The monoisotopic (exact) mass is 596 g/mol. The Morgan fingerprint density at radius 2 is 2.08 bits per heavy atom. The predicted octanol–water partition coefficient (Wildman–Crippen LogP) is 5.14. The lowest BCUT2D eigenvalue weighted by Gasteiger charge is -2.44. The van der Waals surface area contributed by atoms with Crippen molar-refractivity contribution < 1.29 is 9.53 Å². The van der Waals surface area contributed by atoms with Crippen molar-refractivity contribution in [3.05, 3.63) is 62.5 Å². The molecule has 0 fully saturated rings. The molecule has 200 valence electrons. The fraction of sp³-hybridized carbons (Fsp3) is 0.500. The lowest BCUT2D eigenvalue weighted by atomic mass is 9.71. The number of thioether (sulfide) groups is 1. The molecule has 0 saturated carbocycles. The summed E-state index contributed by atoms with van der Waals surface area (Å²) >= 11 is 5.28. The van der Waals surface area contributed by atoms with E-state index in [1.165, 1.54) is 11.1 Å². The maximum Gasteiger partial charge on any atom is 0.273 e. The first-order valence-corrected chi connectivity index (χ1v) is 15.2. The van der Waals surface area contributed by atoms with Crippen LogP contribution in [-0.4, -0.2) is 57.5 Å². The quantitative estimate of drug-likeness (QED) is 0.306. The molecule has 2 atom stereocenters. The number of anilines is 1. The van der Waals surface area contributed by atoms with Gasteiger partial charge in [-0.15, -0.1) is 0 Å². The Morgan fingerprint density at radius 1 is 1.24 bits per heavy atom. The van der Waals surface area contributed by atoms with Gasteiger partial charge in [-0.3, -0.25) is 9.48 Å². The van der Waals surface area contributed by atoms with E-state index >= 15 is 0 Å². The summed E-state index contributed by atoms with van der Waals surface area (Å²) in [6, 6.07) is 8.56. The van der Waals surface area contributed by atoms with Crippen molar-refractivity contribution >= 4 is 39.4 Å². The summed E-state index contributed by atoms with van der Waals surface area (Å²) < 4.78 is 9.89. The summed E-state index contributed by atoms with van der Waals surface area (Å²) in [5.41, 5.74) is 6.00. The number of fused-ring (bicyclic) bond motifs is 4. The molecule has 2 aliphatic heterocycles. The number of aryl methyl sites for hydroxylation is 1. The van der Waals surface area contributed by atoms with Crippen LogP contribution in [0.4, 0.5) is 5.82 Å². The smallest absolute Gasteiger partial charge is 0.273 e. The molecule has 8 nitrogen and oxygen atoms in total. The molecule has 0 N–H and O–H groups in total. The molecule has 4 heterocycles. The fourth-order valence-electron chi connectivity index (χ4n) is 6.08. The molecule has 0 radical (unpaired) electrons. The first-order valence-electron chi connectivity index (χ1n) is 13.2. The number of carbonyl (C=O) groups excluding carboxylic acids is 1. The van der Waals surface area contributed by atoms with Gasteiger partial charge in [0.05, 0.1) is 30.1 Å². The van der Waals surface area contributed by atoms with Gasteiger partial charge in [-0.1, -0.05) is 40.7 Å². The van der Waals surface area contributed by atoms with Crippen molar-refractivity contribution in [2.24, 2.45) is 0 Å². The molecule has 1 spiro atoms. The van der Waals surface area contributed by atoms with E-state index in [1.807, 2.05) is 17.0 Å². The van der Waals surface area contributed by atoms with E-state index in [2.05, 4.69) is 51.1 Å². The largest absolute Gasteiger partial charge is 0.365 e. The van der Waals surface area contributed by atoms with E-state index in [9.17, 15) is 4.79 Å². The van der Waals surface area contributed by atoms with Crippen LogP contribution < -0.4 is 4.90 Å². The van der Waals surface area contributed by atoms with Crippen molar-refractivity contribution in [3.63, 3.8) is 0 Å². The molecule has 38 heavy (non-hydrogen) atoms. The Morgan fingerprint density at radius 3 is 2.87 bits per heavy atom. The van der Waals surface area contributed by atoms with Crippen LogP contribution >= 0.6 is 27.7 Å². The third-order valence-corrected chi connectivity index (χ3v) is 9.18. The highest BCUT2D eigenvalue weighted by Gasteiger charge is 2.44. The first-order chi connectivity index (χ1) is 18.3. The summed E-state index contributed by atoms with van der Waals surface area (Å²) in [6.45, 7) is 5.07. The second-order valence-electron chi connectivity index (χ2n) is 10.8. The van der Waals surface area contributed by atoms with Crippen molar-refractivity contribution in [2.75, 3.05) is 31.8 Å². The maximum atomic E-state index is 12.5. The van der Waals surface area contributed by atoms with E-state index in [-0.39, 0.29) is 11.5 Å². The van der Waals surface area contributed by atoms with Crippen molar-refractivity contribution in [1.29, 1.82) is 0 Å². The first kappa shape index (κ1) is 25.8. The minimum absolute atomic E-state index is 0.0753. The molecule has 1 aliphatic carbocycles. The Labute approximate surface area is 236 Å². The summed E-state index contributed by atoms with van der Waals surface area (Å²) in [5.74, 6) is 1.39. The standard InChI is InChI=1S/C28H33BrN6O2S/c1-17-8-9-28(22-12-18(29)6-7-20(17)22)14-24-21(16-37-28)25(31-27(30-24)38-4)34-10-5-11-35-19(15-34)13-23(32-35)26(36)33(2)3/h6-7,12-13,17H,5,8-11,14-16H2,1-4H3/t17-,28+/m0/s1. The van der Waals surface area contributed by atoms with Gasteiger partial charge in [0, 0.05) is 43.6 Å². The normalized spacial score (nSPS) is 22.4. The third kappa shape index (κ3) is 4.44. The van der Waals surface area contributed by atoms with Gasteiger partial charge in [-0.2, -0.15) is 5.10 Å². The molecule has 1 amide bonds. The topological polar surface area (TPSA) is 76.4 Å². The Hall–Kier alpha value is -2.43. The molecular weight excluding hydrogens is 564 g/mol. The molecule has 0 bridgehead atoms. The minimum atomic E-state index is -0.362. The number of amides is 1. The lowest BCUT2D eigenvalue weighted by molar-refractivity contribution is -0.0872. The second-order valence-corrected chi connectivity index (χ2v) is 12.5. The number of halogens is 1. The highest BCUT2D eigenvalue weighted by atomic mass is 79.9. The zero-order chi connectivity index (χ0) is 26.6. The van der Waals surface area contributed by atoms with Gasteiger partial charge in [0.15, 0.2) is 10.9 Å². The van der Waals surface area contributed by atoms with E-state index in [0.717, 1.165) is 71.2 Å². The molecule has 3 aromatic rings. The molecule has 3 aliphatic rings. The average Bonchev–Trinajstić information content (AvgIpc) is 3.20. The van der Waals surface area contributed by atoms with Gasteiger partial charge in [0.1, 0.15) is 5.82 Å². The van der Waals surface area contributed by atoms with E-state index in [4.69, 9.17) is 14.7 Å². The van der Waals surface area contributed by atoms with Crippen LogP contribution in [0, 0.1) is 0 Å². The van der Waals surface area contributed by atoms with Crippen LogP contribution in [0.25, 0.3) is 0 Å². The number of benzene rings is 1. The Balaban J connectivity index is 1.37. The molecule has 0 unspecified atom stereocenters. The van der Waals surface area contributed by atoms with Crippen LogP contribution in [0.2, 0.25) is 0 Å². The number of aromatic nitrogens is 4. The van der Waals surface area contributed by atoms with Crippen LogP contribution in [-0.2, 0) is 36.5 Å². The van der Waals surface area contributed by atoms with Crippen LogP contribution in [0.3, 0.4) is 0 Å². The predicted molar refractivity (Wildman–Crippen MR) is 152 cm³/mol. The number of nitrogens with zero attached hydrogens (tertiary/aromatic N) is 6. The molecule has 10 heteroatoms. The zero-order valence-electron chi connectivity index (χ0n) is 22.3. The van der Waals surface area contributed by atoms with Crippen molar-refractivity contribution in [1.82, 2.24) is 24.6 Å². The summed E-state index contributed by atoms with van der Waals surface area (Å²) in [7, 11) is 3.51. The summed E-state index contributed by atoms with van der Waals surface area (Å²) in [5, 5.41) is 5.39. The number of hydrogen-bond donors (Lipinski definition) is 0. The summed E-state index contributed by atoms with van der Waals surface area (Å²) in [6.07, 6.45) is 5.78. The van der Waals surface area contributed by atoms with Crippen LogP contribution in [0.1, 0.15) is 70.7 Å². The van der Waals surface area contributed by atoms with Gasteiger partial charge < -0.3 is 14.5 Å². The van der Waals surface area contributed by atoms with Crippen LogP contribution in [0.5, 0.6) is 0 Å². The second kappa shape index (κ2) is 9.95. The average molecular weight is 598 g/mol. The fourth-order valence-corrected chi connectivity index (χ4v) is 6.82. The zero-order valence-corrected chi connectivity index (χ0v) is 24.7. The molecule has 6 rings (SSSR count). The van der Waals surface area contributed by atoms with E-state index in [0.29, 0.717) is 24.8 Å². The molecule has 0 saturated heterocycles. The number of hydrogen-bond acceptors (Lipinski definition) is 7. The van der Waals surface area contributed by atoms with Crippen molar-refractivity contribution in [2.45, 2.75) is 69.0 Å². The number of ether oxygens (including phenoxy) is 1. The Bertz CT molecular complexity index is 1410. The highest BCUT2D eigenvalue weighted by Crippen LogP contribution is 2.49. The third-order valence-electron chi connectivity index (χ3n) is 8.14. The molecule has 2 aromatic heterocycles. The van der Waals surface area contributed by atoms with Crippen molar-refractivity contribution in [3.8, 4) is 0 Å². The maximum absolute atomic E-state index is 12.5. The van der Waals surface area contributed by atoms with Crippen LogP contribution in [0.15, 0.2) is 33.9 Å². The number of carbonyl (C=O) groups is 1. The Kier molecular flexibility index (Phi) is 6.76. The van der Waals surface area contributed by atoms with Gasteiger partial charge in [-0.05, 0) is 60.8 Å². The van der Waals surface area contributed by atoms with Gasteiger partial charge in [-0.25, -0.2) is 9.97 Å².